The number of halogens is 1. The molecule has 0 aliphatic carbocycles. The number of aromatic hydroxyl groups is 1. The van der Waals surface area contributed by atoms with E-state index in [9.17, 15) is 14.8 Å². The largest absolute Gasteiger partial charge is 0.508 e. The standard InChI is InChI=1S/C19H13FN4O/c1-23-18(8-9-22-23)19-14(11-21)13-4-2-3-5-16(13)24(19)17-7-6-12(25)10-15(17)20/h2-10,25H,1H3. The van der Waals surface area contributed by atoms with Crippen molar-refractivity contribution < 1.29 is 9.50 Å². The number of hydrogen-bond donors (Lipinski definition) is 1. The average molecular weight is 332 g/mol. The van der Waals surface area contributed by atoms with Gasteiger partial charge in [-0.1, -0.05) is 18.2 Å². The van der Waals surface area contributed by atoms with E-state index in [1.54, 1.807) is 28.6 Å². The molecule has 4 aromatic rings. The lowest BCUT2D eigenvalue weighted by atomic mass is 10.1. The Labute approximate surface area is 142 Å². The Morgan fingerprint density at radius 1 is 1.16 bits per heavy atom. The van der Waals surface area contributed by atoms with Gasteiger partial charge in [0.15, 0.2) is 5.82 Å². The number of benzene rings is 2. The van der Waals surface area contributed by atoms with E-state index in [-0.39, 0.29) is 11.4 Å². The lowest BCUT2D eigenvalue weighted by Crippen LogP contribution is -2.03. The number of fused-ring (bicyclic) bond motifs is 1. The molecule has 0 unspecified atom stereocenters. The van der Waals surface area contributed by atoms with E-state index in [2.05, 4.69) is 11.2 Å². The van der Waals surface area contributed by atoms with Gasteiger partial charge in [-0.2, -0.15) is 10.4 Å². The topological polar surface area (TPSA) is 66.8 Å². The average Bonchev–Trinajstić information content (AvgIpc) is 3.15. The van der Waals surface area contributed by atoms with Gasteiger partial charge in [0.1, 0.15) is 11.8 Å². The van der Waals surface area contributed by atoms with Gasteiger partial charge >= 0.3 is 0 Å². The normalized spacial score (nSPS) is 10.9. The van der Waals surface area contributed by atoms with Gasteiger partial charge < -0.3 is 9.67 Å². The summed E-state index contributed by atoms with van der Waals surface area (Å²) in [5.74, 6) is -0.728. The smallest absolute Gasteiger partial charge is 0.150 e. The summed E-state index contributed by atoms with van der Waals surface area (Å²) < 4.78 is 18.0. The van der Waals surface area contributed by atoms with Crippen LogP contribution < -0.4 is 0 Å². The predicted octanol–water partition coefficient (Wildman–Crippen LogP) is 3.75. The fourth-order valence-electron chi connectivity index (χ4n) is 3.13. The van der Waals surface area contributed by atoms with Gasteiger partial charge in [0.2, 0.25) is 0 Å². The van der Waals surface area contributed by atoms with Crippen molar-refractivity contribution in [2.45, 2.75) is 0 Å². The Bertz CT molecular complexity index is 1150. The zero-order chi connectivity index (χ0) is 17.6. The lowest BCUT2D eigenvalue weighted by Gasteiger charge is -2.12. The summed E-state index contributed by atoms with van der Waals surface area (Å²) in [6, 6.07) is 15.4. The lowest BCUT2D eigenvalue weighted by molar-refractivity contribution is 0.468. The number of phenolic OH excluding ortho intramolecular Hbond substituents is 1. The number of aromatic nitrogens is 3. The molecule has 0 spiro atoms. The molecule has 0 aliphatic heterocycles. The second kappa shape index (κ2) is 5.49. The van der Waals surface area contributed by atoms with Crippen LogP contribution in [-0.2, 0) is 7.05 Å². The SMILES string of the molecule is Cn1nccc1-c1c(C#N)c2ccccc2n1-c1ccc(O)cc1F. The highest BCUT2D eigenvalue weighted by atomic mass is 19.1. The Hall–Kier alpha value is -3.59. The Balaban J connectivity index is 2.20. The van der Waals surface area contributed by atoms with E-state index in [1.165, 1.54) is 12.1 Å². The van der Waals surface area contributed by atoms with Crippen molar-refractivity contribution in [1.82, 2.24) is 14.3 Å². The maximum atomic E-state index is 14.6. The van der Waals surface area contributed by atoms with Crippen LogP contribution in [-0.4, -0.2) is 19.5 Å². The monoisotopic (exact) mass is 332 g/mol. The minimum Gasteiger partial charge on any atom is -0.508 e. The van der Waals surface area contributed by atoms with Gasteiger partial charge in [-0.05, 0) is 24.3 Å². The fourth-order valence-corrected chi connectivity index (χ4v) is 3.13. The third kappa shape index (κ3) is 2.17. The van der Waals surface area contributed by atoms with Crippen molar-refractivity contribution in [3.63, 3.8) is 0 Å². The van der Waals surface area contributed by atoms with Crippen LogP contribution in [0.4, 0.5) is 4.39 Å². The molecule has 0 atom stereocenters. The first-order valence-corrected chi connectivity index (χ1v) is 7.62. The number of nitrogens with zero attached hydrogens (tertiary/aromatic N) is 4. The second-order valence-corrected chi connectivity index (χ2v) is 5.66. The molecule has 4 rings (SSSR count). The minimum atomic E-state index is -0.575. The number of aryl methyl sites for hydroxylation is 1. The second-order valence-electron chi connectivity index (χ2n) is 5.66. The zero-order valence-electron chi connectivity index (χ0n) is 13.3. The molecule has 0 radical (unpaired) electrons. The molecule has 5 nitrogen and oxygen atoms in total. The molecule has 2 aromatic carbocycles. The first kappa shape index (κ1) is 15.0. The number of rotatable bonds is 2. The van der Waals surface area contributed by atoms with Crippen LogP contribution in [0.5, 0.6) is 5.75 Å². The number of phenols is 1. The van der Waals surface area contributed by atoms with Gasteiger partial charge in [-0.25, -0.2) is 4.39 Å². The molecular formula is C19H13FN4O. The number of nitriles is 1. The van der Waals surface area contributed by atoms with E-state index in [0.717, 1.165) is 11.5 Å². The summed E-state index contributed by atoms with van der Waals surface area (Å²) in [6.45, 7) is 0. The molecule has 2 aromatic heterocycles. The quantitative estimate of drug-likeness (QED) is 0.608. The molecule has 0 bridgehead atoms. The molecule has 122 valence electrons. The maximum absolute atomic E-state index is 14.6. The Kier molecular flexibility index (Phi) is 3.29. The first-order chi connectivity index (χ1) is 12.1. The molecule has 0 saturated heterocycles. The highest BCUT2D eigenvalue weighted by Crippen LogP contribution is 2.36. The molecular weight excluding hydrogens is 319 g/mol. The molecule has 0 amide bonds. The summed E-state index contributed by atoms with van der Waals surface area (Å²) in [6.07, 6.45) is 1.63. The summed E-state index contributed by atoms with van der Waals surface area (Å²) in [4.78, 5) is 0. The first-order valence-electron chi connectivity index (χ1n) is 7.62. The minimum absolute atomic E-state index is 0.152. The van der Waals surface area contributed by atoms with Crippen LogP contribution in [0, 0.1) is 17.1 Å². The summed E-state index contributed by atoms with van der Waals surface area (Å²) in [5, 5.41) is 24.2. The fraction of sp³-hybridized carbons (Fsp3) is 0.0526. The van der Waals surface area contributed by atoms with Crippen LogP contribution in [0.1, 0.15) is 5.56 Å². The van der Waals surface area contributed by atoms with Gasteiger partial charge in [0, 0.05) is 24.7 Å². The zero-order valence-corrected chi connectivity index (χ0v) is 13.3. The van der Waals surface area contributed by atoms with Crippen molar-refractivity contribution in [3.05, 3.63) is 66.1 Å². The Morgan fingerprint density at radius 3 is 2.64 bits per heavy atom. The molecule has 2 heterocycles. The summed E-state index contributed by atoms with van der Waals surface area (Å²) in [7, 11) is 1.77. The van der Waals surface area contributed by atoms with E-state index < -0.39 is 5.82 Å². The third-order valence-corrected chi connectivity index (χ3v) is 4.22. The Morgan fingerprint density at radius 2 is 1.96 bits per heavy atom. The molecule has 0 saturated carbocycles. The van der Waals surface area contributed by atoms with Crippen LogP contribution in [0.2, 0.25) is 0 Å². The predicted molar refractivity (Wildman–Crippen MR) is 91.8 cm³/mol. The van der Waals surface area contributed by atoms with Crippen molar-refractivity contribution in [3.8, 4) is 28.9 Å². The van der Waals surface area contributed by atoms with Crippen LogP contribution in [0.25, 0.3) is 28.0 Å². The van der Waals surface area contributed by atoms with E-state index in [0.29, 0.717) is 22.5 Å². The highest BCUT2D eigenvalue weighted by molar-refractivity contribution is 5.95. The van der Waals surface area contributed by atoms with Crippen molar-refractivity contribution in [1.29, 1.82) is 5.26 Å². The maximum Gasteiger partial charge on any atom is 0.150 e. The summed E-state index contributed by atoms with van der Waals surface area (Å²) in [5.41, 5.74) is 2.67. The van der Waals surface area contributed by atoms with Crippen molar-refractivity contribution >= 4 is 10.9 Å². The third-order valence-electron chi connectivity index (χ3n) is 4.22. The van der Waals surface area contributed by atoms with E-state index in [1.807, 2.05) is 24.3 Å². The van der Waals surface area contributed by atoms with Crippen LogP contribution >= 0.6 is 0 Å². The van der Waals surface area contributed by atoms with Gasteiger partial charge in [0.25, 0.3) is 0 Å². The molecule has 0 fully saturated rings. The van der Waals surface area contributed by atoms with E-state index >= 15 is 0 Å². The van der Waals surface area contributed by atoms with Gasteiger partial charge in [-0.15, -0.1) is 0 Å². The van der Waals surface area contributed by atoms with Crippen LogP contribution in [0.3, 0.4) is 0 Å². The summed E-state index contributed by atoms with van der Waals surface area (Å²) >= 11 is 0. The van der Waals surface area contributed by atoms with Crippen LogP contribution in [0.15, 0.2) is 54.7 Å². The number of hydrogen-bond acceptors (Lipinski definition) is 3. The van der Waals surface area contributed by atoms with Crippen molar-refractivity contribution in [2.75, 3.05) is 0 Å². The molecule has 0 aliphatic rings. The molecule has 25 heavy (non-hydrogen) atoms. The van der Waals surface area contributed by atoms with Crippen molar-refractivity contribution in [2.24, 2.45) is 7.05 Å². The number of para-hydroxylation sites is 1. The highest BCUT2D eigenvalue weighted by Gasteiger charge is 2.23. The molecule has 1 N–H and O–H groups in total. The van der Waals surface area contributed by atoms with E-state index in [4.69, 9.17) is 0 Å². The van der Waals surface area contributed by atoms with Gasteiger partial charge in [-0.3, -0.25) is 4.68 Å². The molecule has 6 heteroatoms. The van der Waals surface area contributed by atoms with Gasteiger partial charge in [0.05, 0.1) is 28.2 Å².